The van der Waals surface area contributed by atoms with Crippen molar-refractivity contribution in [2.75, 3.05) is 19.6 Å². The molecule has 0 spiro atoms. The predicted molar refractivity (Wildman–Crippen MR) is 94.9 cm³/mol. The molecule has 5 nitrogen and oxygen atoms in total. The van der Waals surface area contributed by atoms with Crippen molar-refractivity contribution in [2.24, 2.45) is 11.7 Å². The van der Waals surface area contributed by atoms with E-state index in [4.69, 9.17) is 5.73 Å². The van der Waals surface area contributed by atoms with Gasteiger partial charge in [-0.1, -0.05) is 30.3 Å². The average molecular weight is 326 g/mol. The van der Waals surface area contributed by atoms with Crippen LogP contribution in [-0.2, 0) is 5.54 Å². The second-order valence-electron chi connectivity index (χ2n) is 7.57. The molecule has 5 heteroatoms. The molecular formula is C19H26N4O. The Hall–Kier alpha value is -2.14. The van der Waals surface area contributed by atoms with Crippen molar-refractivity contribution in [1.29, 1.82) is 0 Å². The second kappa shape index (κ2) is 6.40. The predicted octanol–water partition coefficient (Wildman–Crippen LogP) is 2.45. The van der Waals surface area contributed by atoms with Crippen molar-refractivity contribution in [3.8, 4) is 0 Å². The van der Waals surface area contributed by atoms with Gasteiger partial charge >= 0.3 is 0 Å². The van der Waals surface area contributed by atoms with Crippen molar-refractivity contribution < 1.29 is 4.79 Å². The molecule has 0 aliphatic carbocycles. The van der Waals surface area contributed by atoms with Crippen LogP contribution in [0.1, 0.15) is 42.6 Å². The van der Waals surface area contributed by atoms with Gasteiger partial charge in [-0.2, -0.15) is 5.10 Å². The number of rotatable bonds is 3. The molecule has 2 atom stereocenters. The largest absolute Gasteiger partial charge is 0.338 e. The lowest BCUT2D eigenvalue weighted by molar-refractivity contribution is 0.0786. The third-order valence-corrected chi connectivity index (χ3v) is 4.78. The molecule has 1 aromatic heterocycles. The Kier molecular flexibility index (Phi) is 4.45. The fourth-order valence-electron chi connectivity index (χ4n) is 3.34. The van der Waals surface area contributed by atoms with Gasteiger partial charge < -0.3 is 10.6 Å². The molecule has 1 aliphatic rings. The van der Waals surface area contributed by atoms with Crippen LogP contribution in [0.5, 0.6) is 0 Å². The summed E-state index contributed by atoms with van der Waals surface area (Å²) in [6.45, 7) is 8.21. The van der Waals surface area contributed by atoms with Crippen molar-refractivity contribution in [3.63, 3.8) is 0 Å². The molecule has 2 heterocycles. The van der Waals surface area contributed by atoms with Crippen LogP contribution in [0.15, 0.2) is 42.7 Å². The molecule has 3 rings (SSSR count). The minimum absolute atomic E-state index is 0.0439. The van der Waals surface area contributed by atoms with Crippen LogP contribution in [0.2, 0.25) is 0 Å². The van der Waals surface area contributed by atoms with Crippen LogP contribution in [0, 0.1) is 5.92 Å². The van der Waals surface area contributed by atoms with Gasteiger partial charge in [-0.05, 0) is 38.8 Å². The molecule has 1 saturated heterocycles. The minimum Gasteiger partial charge on any atom is -0.338 e. The average Bonchev–Trinajstić information content (AvgIpc) is 3.22. The number of amides is 1. The van der Waals surface area contributed by atoms with E-state index in [1.807, 2.05) is 34.0 Å². The molecule has 128 valence electrons. The van der Waals surface area contributed by atoms with E-state index in [0.717, 1.165) is 0 Å². The Morgan fingerprint density at radius 3 is 2.54 bits per heavy atom. The van der Waals surface area contributed by atoms with E-state index in [1.165, 1.54) is 5.56 Å². The van der Waals surface area contributed by atoms with E-state index in [2.05, 4.69) is 38.0 Å². The molecule has 0 bridgehead atoms. The molecule has 2 aromatic rings. The van der Waals surface area contributed by atoms with Gasteiger partial charge in [0, 0.05) is 25.2 Å². The maximum Gasteiger partial charge on any atom is 0.257 e. The quantitative estimate of drug-likeness (QED) is 0.942. The van der Waals surface area contributed by atoms with Crippen LogP contribution < -0.4 is 5.73 Å². The summed E-state index contributed by atoms with van der Waals surface area (Å²) in [7, 11) is 0. The highest BCUT2D eigenvalue weighted by atomic mass is 16.2. The van der Waals surface area contributed by atoms with Crippen molar-refractivity contribution in [1.82, 2.24) is 14.7 Å². The number of likely N-dealkylation sites (tertiary alicyclic amines) is 1. The molecule has 0 unspecified atom stereocenters. The highest BCUT2D eigenvalue weighted by molar-refractivity contribution is 5.94. The number of nitrogens with two attached hydrogens (primary N) is 1. The van der Waals surface area contributed by atoms with Crippen LogP contribution in [0.25, 0.3) is 0 Å². The molecule has 0 radical (unpaired) electrons. The van der Waals surface area contributed by atoms with Gasteiger partial charge in [-0.3, -0.25) is 9.48 Å². The fourth-order valence-corrected chi connectivity index (χ4v) is 3.34. The van der Waals surface area contributed by atoms with Crippen LogP contribution in [0.4, 0.5) is 0 Å². The number of nitrogens with zero attached hydrogens (tertiary/aromatic N) is 3. The van der Waals surface area contributed by atoms with Crippen LogP contribution >= 0.6 is 0 Å². The molecule has 2 N–H and O–H groups in total. The first kappa shape index (κ1) is 16.7. The smallest absolute Gasteiger partial charge is 0.257 e. The summed E-state index contributed by atoms with van der Waals surface area (Å²) in [5.74, 6) is 0.647. The lowest BCUT2D eigenvalue weighted by atomic mass is 9.89. The molecule has 0 saturated carbocycles. The Morgan fingerprint density at radius 2 is 1.96 bits per heavy atom. The Labute approximate surface area is 143 Å². The molecule has 1 aromatic carbocycles. The van der Waals surface area contributed by atoms with Crippen molar-refractivity contribution in [3.05, 3.63) is 53.9 Å². The molecule has 1 amide bonds. The molecule has 24 heavy (non-hydrogen) atoms. The SMILES string of the molecule is CC(C)(C)n1cc(C(=O)N2C[C@@H](CN)[C@H](c3ccccc3)C2)cn1. The highest BCUT2D eigenvalue weighted by Crippen LogP contribution is 2.32. The van der Waals surface area contributed by atoms with Gasteiger partial charge in [0.15, 0.2) is 0 Å². The number of hydrogen-bond acceptors (Lipinski definition) is 3. The van der Waals surface area contributed by atoms with Crippen molar-refractivity contribution >= 4 is 5.91 Å². The van der Waals surface area contributed by atoms with Gasteiger partial charge in [0.25, 0.3) is 5.91 Å². The van der Waals surface area contributed by atoms with Gasteiger partial charge in [-0.25, -0.2) is 0 Å². The second-order valence-corrected chi connectivity index (χ2v) is 7.57. The van der Waals surface area contributed by atoms with Crippen molar-refractivity contribution in [2.45, 2.75) is 32.2 Å². The summed E-state index contributed by atoms with van der Waals surface area (Å²) in [5, 5.41) is 4.34. The zero-order valence-corrected chi connectivity index (χ0v) is 14.6. The van der Waals surface area contributed by atoms with Gasteiger partial charge in [-0.15, -0.1) is 0 Å². The van der Waals surface area contributed by atoms with E-state index < -0.39 is 0 Å². The number of carbonyl (C=O) groups excluding carboxylic acids is 1. The van der Waals surface area contributed by atoms with Crippen LogP contribution in [-0.4, -0.2) is 40.2 Å². The monoisotopic (exact) mass is 326 g/mol. The number of hydrogen-bond donors (Lipinski definition) is 1. The fraction of sp³-hybridized carbons (Fsp3) is 0.474. The molecule has 1 fully saturated rings. The van der Waals surface area contributed by atoms with Gasteiger partial charge in [0.05, 0.1) is 17.3 Å². The number of benzene rings is 1. The highest BCUT2D eigenvalue weighted by Gasteiger charge is 2.36. The third kappa shape index (κ3) is 3.22. The first-order valence-electron chi connectivity index (χ1n) is 8.49. The Bertz CT molecular complexity index is 702. The first-order chi connectivity index (χ1) is 11.4. The maximum absolute atomic E-state index is 12.9. The lowest BCUT2D eigenvalue weighted by Crippen LogP contribution is -2.29. The van der Waals surface area contributed by atoms with E-state index in [-0.39, 0.29) is 11.4 Å². The van der Waals surface area contributed by atoms with Gasteiger partial charge in [0.2, 0.25) is 0 Å². The van der Waals surface area contributed by atoms with E-state index >= 15 is 0 Å². The number of carbonyl (C=O) groups is 1. The van der Waals surface area contributed by atoms with E-state index in [0.29, 0.717) is 37.0 Å². The zero-order valence-electron chi connectivity index (χ0n) is 14.6. The Morgan fingerprint density at radius 1 is 1.25 bits per heavy atom. The minimum atomic E-state index is -0.129. The van der Waals surface area contributed by atoms with E-state index in [9.17, 15) is 4.79 Å². The summed E-state index contributed by atoms with van der Waals surface area (Å²) in [4.78, 5) is 14.8. The molecule has 1 aliphatic heterocycles. The normalized spacial score (nSPS) is 21.2. The molecular weight excluding hydrogens is 300 g/mol. The maximum atomic E-state index is 12.9. The van der Waals surface area contributed by atoms with E-state index in [1.54, 1.807) is 6.20 Å². The summed E-state index contributed by atoms with van der Waals surface area (Å²) < 4.78 is 1.84. The number of aromatic nitrogens is 2. The standard InChI is InChI=1S/C19H26N4O/c1-19(2,3)23-12-16(10-21-23)18(24)22-11-15(9-20)17(13-22)14-7-5-4-6-8-14/h4-8,10,12,15,17H,9,11,13,20H2,1-3H3/t15-,17+/m1/s1. The zero-order chi connectivity index (χ0) is 17.3. The summed E-state index contributed by atoms with van der Waals surface area (Å²) in [6, 6.07) is 10.3. The Balaban J connectivity index is 1.78. The van der Waals surface area contributed by atoms with Crippen LogP contribution in [0.3, 0.4) is 0 Å². The first-order valence-corrected chi connectivity index (χ1v) is 8.49. The lowest BCUT2D eigenvalue weighted by Gasteiger charge is -2.19. The summed E-state index contributed by atoms with van der Waals surface area (Å²) >= 11 is 0. The van der Waals surface area contributed by atoms with Gasteiger partial charge in [0.1, 0.15) is 0 Å². The summed E-state index contributed by atoms with van der Waals surface area (Å²) in [6.07, 6.45) is 3.51. The topological polar surface area (TPSA) is 64.2 Å². The third-order valence-electron chi connectivity index (χ3n) is 4.78. The summed E-state index contributed by atoms with van der Waals surface area (Å²) in [5.41, 5.74) is 7.75.